The molecule has 0 bridgehead atoms. The normalized spacial score (nSPS) is 10.7. The topological polar surface area (TPSA) is 50.8 Å². The molecule has 0 radical (unpaired) electrons. The molecule has 2 heterocycles. The fraction of sp³-hybridized carbons (Fsp3) is 0.0909. The van der Waals surface area contributed by atoms with Crippen LogP contribution in [-0.4, -0.2) is 9.55 Å². The first kappa shape index (κ1) is 17.1. The van der Waals surface area contributed by atoms with Crippen LogP contribution in [0.15, 0.2) is 67.0 Å². The number of rotatable bonds is 4. The number of ether oxygens (including phenoxy) is 1. The molecule has 27 heavy (non-hydrogen) atoms. The van der Waals surface area contributed by atoms with E-state index in [-0.39, 0.29) is 0 Å². The zero-order valence-corrected chi connectivity index (χ0v) is 15.4. The van der Waals surface area contributed by atoms with Crippen LogP contribution >= 0.6 is 11.6 Å². The van der Waals surface area contributed by atoms with Gasteiger partial charge in [0.1, 0.15) is 18.4 Å². The molecular weight excluding hydrogens is 358 g/mol. The van der Waals surface area contributed by atoms with Crippen LogP contribution in [0.2, 0.25) is 5.02 Å². The van der Waals surface area contributed by atoms with Gasteiger partial charge in [-0.3, -0.25) is 4.98 Å². The molecule has 4 rings (SSSR count). The summed E-state index contributed by atoms with van der Waals surface area (Å²) in [6.07, 6.45) is 3.42. The minimum absolute atomic E-state index is 0.460. The molecule has 2 aromatic heterocycles. The second kappa shape index (κ2) is 7.14. The van der Waals surface area contributed by atoms with Gasteiger partial charge in [-0.2, -0.15) is 5.26 Å². The Morgan fingerprint density at radius 1 is 1.11 bits per heavy atom. The van der Waals surface area contributed by atoms with E-state index in [2.05, 4.69) is 11.1 Å². The SMILES string of the molecule is Cn1c(-c2cncc(OCc3ccccc3)c2)c(C#N)c2ccc(Cl)cc21. The Kier molecular flexibility index (Phi) is 4.53. The van der Waals surface area contributed by atoms with E-state index in [0.717, 1.165) is 27.7 Å². The van der Waals surface area contributed by atoms with Gasteiger partial charge in [-0.15, -0.1) is 0 Å². The van der Waals surface area contributed by atoms with Crippen molar-refractivity contribution in [2.24, 2.45) is 7.05 Å². The van der Waals surface area contributed by atoms with Gasteiger partial charge in [0.2, 0.25) is 0 Å². The lowest BCUT2D eigenvalue weighted by Gasteiger charge is -2.09. The predicted molar refractivity (Wildman–Crippen MR) is 107 cm³/mol. The Morgan fingerprint density at radius 2 is 1.93 bits per heavy atom. The highest BCUT2D eigenvalue weighted by atomic mass is 35.5. The molecule has 2 aromatic carbocycles. The molecule has 0 spiro atoms. The molecule has 0 N–H and O–H groups in total. The number of aromatic nitrogens is 2. The molecule has 0 aliphatic carbocycles. The van der Waals surface area contributed by atoms with Crippen molar-refractivity contribution in [3.05, 3.63) is 83.1 Å². The second-order valence-electron chi connectivity index (χ2n) is 6.24. The molecule has 0 saturated carbocycles. The average Bonchev–Trinajstić information content (AvgIpc) is 2.98. The first-order valence-electron chi connectivity index (χ1n) is 8.47. The third-order valence-electron chi connectivity index (χ3n) is 4.51. The fourth-order valence-electron chi connectivity index (χ4n) is 3.23. The number of halogens is 1. The Labute approximate surface area is 162 Å². The first-order valence-corrected chi connectivity index (χ1v) is 8.85. The van der Waals surface area contributed by atoms with Gasteiger partial charge in [-0.05, 0) is 29.8 Å². The van der Waals surface area contributed by atoms with Gasteiger partial charge in [0.05, 0.1) is 23.0 Å². The standard InChI is InChI=1S/C22H16ClN3O/c1-26-21-10-17(23)7-8-19(21)20(11-24)22(26)16-9-18(13-25-12-16)27-14-15-5-3-2-4-6-15/h2-10,12-13H,14H2,1H3. The lowest BCUT2D eigenvalue weighted by Crippen LogP contribution is -1.97. The molecule has 0 unspecified atom stereocenters. The van der Waals surface area contributed by atoms with Gasteiger partial charge in [-0.1, -0.05) is 41.9 Å². The maximum atomic E-state index is 9.73. The van der Waals surface area contributed by atoms with E-state index in [0.29, 0.717) is 22.9 Å². The summed E-state index contributed by atoms with van der Waals surface area (Å²) in [6, 6.07) is 19.7. The van der Waals surface area contributed by atoms with Gasteiger partial charge in [0.25, 0.3) is 0 Å². The van der Waals surface area contributed by atoms with Crippen molar-refractivity contribution in [3.8, 4) is 23.1 Å². The molecule has 4 aromatic rings. The van der Waals surface area contributed by atoms with E-state index < -0.39 is 0 Å². The Bertz CT molecular complexity index is 1160. The average molecular weight is 374 g/mol. The van der Waals surface area contributed by atoms with E-state index in [1.54, 1.807) is 18.5 Å². The predicted octanol–water partition coefficient (Wildman–Crippen LogP) is 5.34. The molecule has 5 heteroatoms. The summed E-state index contributed by atoms with van der Waals surface area (Å²) < 4.78 is 7.85. The second-order valence-corrected chi connectivity index (χ2v) is 6.68. The summed E-state index contributed by atoms with van der Waals surface area (Å²) in [6.45, 7) is 0.460. The smallest absolute Gasteiger partial charge is 0.138 e. The third-order valence-corrected chi connectivity index (χ3v) is 4.74. The lowest BCUT2D eigenvalue weighted by atomic mass is 10.1. The maximum Gasteiger partial charge on any atom is 0.138 e. The van der Waals surface area contributed by atoms with Crippen molar-refractivity contribution in [1.82, 2.24) is 9.55 Å². The number of aryl methyl sites for hydroxylation is 1. The van der Waals surface area contributed by atoms with Crippen molar-refractivity contribution in [2.75, 3.05) is 0 Å². The van der Waals surface area contributed by atoms with Crippen LogP contribution in [0, 0.1) is 11.3 Å². The number of nitriles is 1. The van der Waals surface area contributed by atoms with Crippen molar-refractivity contribution < 1.29 is 4.74 Å². The van der Waals surface area contributed by atoms with Gasteiger partial charge < -0.3 is 9.30 Å². The largest absolute Gasteiger partial charge is 0.487 e. The molecule has 0 fully saturated rings. The Balaban J connectivity index is 1.74. The summed E-state index contributed by atoms with van der Waals surface area (Å²) in [7, 11) is 1.92. The fourth-order valence-corrected chi connectivity index (χ4v) is 3.40. The summed E-state index contributed by atoms with van der Waals surface area (Å²) >= 11 is 6.14. The first-order chi connectivity index (χ1) is 13.2. The summed E-state index contributed by atoms with van der Waals surface area (Å²) in [5.74, 6) is 0.656. The van der Waals surface area contributed by atoms with Crippen LogP contribution in [0.25, 0.3) is 22.2 Å². The summed E-state index contributed by atoms with van der Waals surface area (Å²) in [4.78, 5) is 4.30. The number of fused-ring (bicyclic) bond motifs is 1. The molecule has 132 valence electrons. The minimum atomic E-state index is 0.460. The van der Waals surface area contributed by atoms with Crippen LogP contribution in [0.1, 0.15) is 11.1 Å². The number of benzene rings is 2. The number of hydrogen-bond donors (Lipinski definition) is 0. The van der Waals surface area contributed by atoms with E-state index >= 15 is 0 Å². The van der Waals surface area contributed by atoms with Crippen molar-refractivity contribution >= 4 is 22.5 Å². The molecule has 0 saturated heterocycles. The van der Waals surface area contributed by atoms with Crippen molar-refractivity contribution in [1.29, 1.82) is 5.26 Å². The summed E-state index contributed by atoms with van der Waals surface area (Å²) in [5, 5.41) is 11.2. The maximum absolute atomic E-state index is 9.73. The minimum Gasteiger partial charge on any atom is -0.487 e. The van der Waals surface area contributed by atoms with Crippen LogP contribution in [-0.2, 0) is 13.7 Å². The molecular formula is C22H16ClN3O. The zero-order valence-electron chi connectivity index (χ0n) is 14.7. The molecule has 0 aliphatic rings. The van der Waals surface area contributed by atoms with Gasteiger partial charge >= 0.3 is 0 Å². The zero-order chi connectivity index (χ0) is 18.8. The number of nitrogens with zero attached hydrogens (tertiary/aromatic N) is 3. The van der Waals surface area contributed by atoms with Gasteiger partial charge in [0.15, 0.2) is 0 Å². The highest BCUT2D eigenvalue weighted by molar-refractivity contribution is 6.31. The van der Waals surface area contributed by atoms with Gasteiger partial charge in [-0.25, -0.2) is 0 Å². The van der Waals surface area contributed by atoms with Crippen molar-refractivity contribution in [2.45, 2.75) is 6.61 Å². The number of pyridine rings is 1. The van der Waals surface area contributed by atoms with Crippen LogP contribution < -0.4 is 4.74 Å². The Morgan fingerprint density at radius 3 is 2.70 bits per heavy atom. The molecule has 0 aliphatic heterocycles. The monoisotopic (exact) mass is 373 g/mol. The highest BCUT2D eigenvalue weighted by Crippen LogP contribution is 2.34. The van der Waals surface area contributed by atoms with Crippen LogP contribution in [0.4, 0.5) is 0 Å². The van der Waals surface area contributed by atoms with E-state index in [1.165, 1.54) is 0 Å². The molecule has 0 atom stereocenters. The quantitative estimate of drug-likeness (QED) is 0.485. The van der Waals surface area contributed by atoms with Crippen LogP contribution in [0.5, 0.6) is 5.75 Å². The van der Waals surface area contributed by atoms with Crippen molar-refractivity contribution in [3.63, 3.8) is 0 Å². The lowest BCUT2D eigenvalue weighted by molar-refractivity contribution is 0.305. The molecule has 0 amide bonds. The van der Waals surface area contributed by atoms with Crippen LogP contribution in [0.3, 0.4) is 0 Å². The van der Waals surface area contributed by atoms with E-state index in [4.69, 9.17) is 16.3 Å². The summed E-state index contributed by atoms with van der Waals surface area (Å²) in [5.41, 5.74) is 4.22. The van der Waals surface area contributed by atoms with E-state index in [9.17, 15) is 5.26 Å². The van der Waals surface area contributed by atoms with E-state index in [1.807, 2.05) is 60.1 Å². The molecule has 4 nitrogen and oxygen atoms in total. The highest BCUT2D eigenvalue weighted by Gasteiger charge is 2.17. The number of hydrogen-bond acceptors (Lipinski definition) is 3. The Hall–Kier alpha value is -3.29. The van der Waals surface area contributed by atoms with Gasteiger partial charge in [0, 0.05) is 29.2 Å². The third kappa shape index (κ3) is 3.25.